The van der Waals surface area contributed by atoms with E-state index in [0.717, 1.165) is 0 Å². The summed E-state index contributed by atoms with van der Waals surface area (Å²) in [7, 11) is 0. The van der Waals surface area contributed by atoms with Crippen molar-refractivity contribution in [1.29, 1.82) is 0 Å². The van der Waals surface area contributed by atoms with Gasteiger partial charge in [0.1, 0.15) is 23.2 Å². The molecule has 7 rings (SSSR count). The third-order valence-corrected chi connectivity index (χ3v) is 8.75. The predicted molar refractivity (Wildman–Crippen MR) is 160 cm³/mol. The standard InChI is InChI=1S/C34H27ClF3N3O3/c1-19(42)20-6-8-27-28(14-20)41(18-34(17-36)10-11-34)31(40-27)15-24-25(37)12-21(13-26(24)38)23-4-3-5-29-32(23)44-33(2,43-29)30-9-7-22(35)16-39-30/h3-9,12-14,16H,10-11,15,17-18H2,1-2H3. The van der Waals surface area contributed by atoms with Crippen LogP contribution in [-0.4, -0.2) is 27.0 Å². The van der Waals surface area contributed by atoms with Crippen molar-refractivity contribution in [3.63, 3.8) is 0 Å². The van der Waals surface area contributed by atoms with Gasteiger partial charge in [0.25, 0.3) is 5.79 Å². The van der Waals surface area contributed by atoms with Gasteiger partial charge >= 0.3 is 0 Å². The van der Waals surface area contributed by atoms with Gasteiger partial charge in [-0.15, -0.1) is 0 Å². The predicted octanol–water partition coefficient (Wildman–Crippen LogP) is 8.22. The number of fused-ring (bicyclic) bond motifs is 2. The van der Waals surface area contributed by atoms with E-state index in [1.54, 1.807) is 55.5 Å². The molecule has 0 amide bonds. The Morgan fingerprint density at radius 2 is 1.82 bits per heavy atom. The normalized spacial score (nSPS) is 18.1. The van der Waals surface area contributed by atoms with Gasteiger partial charge in [0.2, 0.25) is 0 Å². The summed E-state index contributed by atoms with van der Waals surface area (Å²) in [5.41, 5.74) is 2.21. The average molecular weight is 618 g/mol. The number of hydrogen-bond acceptors (Lipinski definition) is 5. The second-order valence-corrected chi connectivity index (χ2v) is 12.2. The number of Topliss-reactive ketones (excluding diaryl/α,β-unsaturated/α-hetero) is 1. The van der Waals surface area contributed by atoms with Gasteiger partial charge in [0.15, 0.2) is 17.3 Å². The first kappa shape index (κ1) is 28.4. The van der Waals surface area contributed by atoms with Gasteiger partial charge in [0.05, 0.1) is 22.7 Å². The van der Waals surface area contributed by atoms with Crippen LogP contribution in [0.5, 0.6) is 11.5 Å². The topological polar surface area (TPSA) is 66.2 Å². The van der Waals surface area contributed by atoms with Crippen LogP contribution in [0.4, 0.5) is 13.2 Å². The van der Waals surface area contributed by atoms with Gasteiger partial charge in [-0.25, -0.2) is 13.8 Å². The van der Waals surface area contributed by atoms with Gasteiger partial charge in [0, 0.05) is 48.2 Å². The fraction of sp³-hybridized carbons (Fsp3) is 0.265. The average Bonchev–Trinajstić information content (AvgIpc) is 3.57. The number of aromatic nitrogens is 3. The third-order valence-electron chi connectivity index (χ3n) is 8.53. The minimum absolute atomic E-state index is 0.118. The fourth-order valence-corrected chi connectivity index (χ4v) is 5.85. The molecule has 0 N–H and O–H groups in total. The zero-order valence-corrected chi connectivity index (χ0v) is 24.7. The van der Waals surface area contributed by atoms with Crippen LogP contribution in [0.15, 0.2) is 66.9 Å². The number of para-hydroxylation sites is 1. The fourth-order valence-electron chi connectivity index (χ4n) is 5.74. The first-order chi connectivity index (χ1) is 21.1. The number of benzene rings is 3. The quantitative estimate of drug-likeness (QED) is 0.164. The lowest BCUT2D eigenvalue weighted by atomic mass is 10.00. The molecule has 1 fully saturated rings. The molecule has 0 spiro atoms. The first-order valence-corrected chi connectivity index (χ1v) is 14.6. The Kier molecular flexibility index (Phi) is 6.69. The summed E-state index contributed by atoms with van der Waals surface area (Å²) in [5, 5.41) is 0.463. The molecule has 2 aromatic heterocycles. The van der Waals surface area contributed by atoms with Gasteiger partial charge < -0.3 is 14.0 Å². The molecule has 1 atom stereocenters. The van der Waals surface area contributed by atoms with E-state index < -0.39 is 29.5 Å². The Balaban J connectivity index is 1.24. The summed E-state index contributed by atoms with van der Waals surface area (Å²) in [5.74, 6) is -1.75. The number of ether oxygens (including phenoxy) is 2. The van der Waals surface area contributed by atoms with E-state index in [1.165, 1.54) is 25.3 Å². The molecule has 0 bridgehead atoms. The minimum atomic E-state index is -1.26. The Labute approximate surface area is 256 Å². The molecule has 1 aliphatic carbocycles. The maximum Gasteiger partial charge on any atom is 0.292 e. The largest absolute Gasteiger partial charge is 0.443 e. The van der Waals surface area contributed by atoms with Crippen molar-refractivity contribution >= 4 is 28.4 Å². The number of nitrogens with zero attached hydrogens (tertiary/aromatic N) is 3. The van der Waals surface area contributed by atoms with Crippen LogP contribution in [0.25, 0.3) is 22.2 Å². The second-order valence-electron chi connectivity index (χ2n) is 11.7. The molecule has 1 unspecified atom stereocenters. The number of pyridine rings is 1. The zero-order chi connectivity index (χ0) is 30.8. The number of hydrogen-bond donors (Lipinski definition) is 0. The summed E-state index contributed by atoms with van der Waals surface area (Å²) in [4.78, 5) is 21.0. The van der Waals surface area contributed by atoms with Crippen LogP contribution < -0.4 is 9.47 Å². The van der Waals surface area contributed by atoms with Crippen molar-refractivity contribution in [1.82, 2.24) is 14.5 Å². The van der Waals surface area contributed by atoms with Crippen LogP contribution >= 0.6 is 11.6 Å². The molecular formula is C34H27ClF3N3O3. The van der Waals surface area contributed by atoms with Crippen LogP contribution in [0.1, 0.15) is 54.1 Å². The molecule has 1 aliphatic heterocycles. The first-order valence-electron chi connectivity index (χ1n) is 14.3. The molecule has 1 saturated carbocycles. The van der Waals surface area contributed by atoms with Crippen LogP contribution in [-0.2, 0) is 18.8 Å². The number of alkyl halides is 1. The summed E-state index contributed by atoms with van der Waals surface area (Å²) >= 11 is 5.99. The third kappa shape index (κ3) is 4.89. The highest BCUT2D eigenvalue weighted by molar-refractivity contribution is 6.30. The van der Waals surface area contributed by atoms with E-state index in [-0.39, 0.29) is 23.3 Å². The molecule has 10 heteroatoms. The molecule has 3 heterocycles. The number of rotatable bonds is 8. The van der Waals surface area contributed by atoms with Gasteiger partial charge in [-0.3, -0.25) is 14.2 Å². The number of ketones is 1. The lowest BCUT2D eigenvalue weighted by Crippen LogP contribution is -2.32. The molecule has 5 aromatic rings. The number of carbonyl (C=O) groups excluding carboxylic acids is 1. The van der Waals surface area contributed by atoms with Crippen molar-refractivity contribution < 1.29 is 27.4 Å². The van der Waals surface area contributed by atoms with Gasteiger partial charge in [-0.2, -0.15) is 0 Å². The Hall–Kier alpha value is -4.37. The van der Waals surface area contributed by atoms with E-state index in [4.69, 9.17) is 21.1 Å². The molecule has 3 aromatic carbocycles. The van der Waals surface area contributed by atoms with Crippen LogP contribution in [0.2, 0.25) is 5.02 Å². The highest BCUT2D eigenvalue weighted by Gasteiger charge is 2.44. The zero-order valence-electron chi connectivity index (χ0n) is 24.0. The number of imidazole rings is 1. The number of carbonyl (C=O) groups is 1. The lowest BCUT2D eigenvalue weighted by Gasteiger charge is -2.22. The van der Waals surface area contributed by atoms with Gasteiger partial charge in [-0.05, 0) is 73.9 Å². The lowest BCUT2D eigenvalue weighted by molar-refractivity contribution is -0.0715. The number of halogens is 4. The molecule has 0 saturated heterocycles. The summed E-state index contributed by atoms with van der Waals surface area (Å²) in [6, 6.07) is 16.1. The minimum Gasteiger partial charge on any atom is -0.443 e. The summed E-state index contributed by atoms with van der Waals surface area (Å²) in [6.07, 6.45) is 2.76. The highest BCUT2D eigenvalue weighted by Crippen LogP contribution is 2.50. The molecule has 0 radical (unpaired) electrons. The molecular weight excluding hydrogens is 591 g/mol. The van der Waals surface area contributed by atoms with E-state index in [2.05, 4.69) is 9.97 Å². The highest BCUT2D eigenvalue weighted by atomic mass is 35.5. The molecule has 2 aliphatic rings. The molecule has 224 valence electrons. The van der Waals surface area contributed by atoms with Gasteiger partial charge in [-0.1, -0.05) is 23.7 Å². The van der Waals surface area contributed by atoms with Crippen molar-refractivity contribution in [2.75, 3.05) is 6.67 Å². The maximum atomic E-state index is 15.8. The summed E-state index contributed by atoms with van der Waals surface area (Å²) in [6.45, 7) is 2.98. The van der Waals surface area contributed by atoms with E-state index in [1.807, 2.05) is 4.57 Å². The smallest absolute Gasteiger partial charge is 0.292 e. The Morgan fingerprint density at radius 1 is 1.05 bits per heavy atom. The monoisotopic (exact) mass is 617 g/mol. The molecule has 6 nitrogen and oxygen atoms in total. The SMILES string of the molecule is CC(=O)c1ccc2nc(Cc3c(F)cc(-c4cccc5c4OC(C)(c4ccc(Cl)cn4)O5)cc3F)n(CC3(CF)CC3)c2c1. The Morgan fingerprint density at radius 3 is 2.48 bits per heavy atom. The summed E-state index contributed by atoms with van der Waals surface area (Å²) < 4.78 is 59.6. The van der Waals surface area contributed by atoms with Crippen molar-refractivity contribution in [2.24, 2.45) is 5.41 Å². The maximum absolute atomic E-state index is 15.8. The van der Waals surface area contributed by atoms with Crippen LogP contribution in [0.3, 0.4) is 0 Å². The Bertz CT molecular complexity index is 1930. The van der Waals surface area contributed by atoms with E-state index in [9.17, 15) is 9.18 Å². The van der Waals surface area contributed by atoms with Crippen molar-refractivity contribution in [2.45, 2.75) is 45.4 Å². The molecule has 44 heavy (non-hydrogen) atoms. The van der Waals surface area contributed by atoms with Crippen LogP contribution in [0, 0.1) is 17.0 Å². The second kappa shape index (κ2) is 10.4. The van der Waals surface area contributed by atoms with Crippen molar-refractivity contribution in [3.8, 4) is 22.6 Å². The van der Waals surface area contributed by atoms with E-state index >= 15 is 8.78 Å². The van der Waals surface area contributed by atoms with Crippen molar-refractivity contribution in [3.05, 3.63) is 106 Å². The van der Waals surface area contributed by atoms with E-state index in [0.29, 0.717) is 69.6 Å².